The van der Waals surface area contributed by atoms with Crippen molar-refractivity contribution in [3.05, 3.63) is 12.7 Å². The van der Waals surface area contributed by atoms with E-state index in [0.29, 0.717) is 6.61 Å². The molecule has 5 rings (SSSR count). The van der Waals surface area contributed by atoms with E-state index in [-0.39, 0.29) is 36.8 Å². The third-order valence-corrected chi connectivity index (χ3v) is 7.13. The van der Waals surface area contributed by atoms with Gasteiger partial charge in [0.15, 0.2) is 17.0 Å². The number of hydrogen-bond acceptors (Lipinski definition) is 8. The first kappa shape index (κ1) is 19.2. The number of rotatable bonds is 5. The molecule has 3 fully saturated rings. The molecule has 0 unspecified atom stereocenters. The lowest BCUT2D eigenvalue weighted by atomic mass is 9.66. The molecule has 3 aliphatic rings. The molecule has 2 atom stereocenters. The van der Waals surface area contributed by atoms with Crippen molar-refractivity contribution in [1.82, 2.24) is 24.4 Å². The maximum Gasteiger partial charge on any atom is 0.165 e. The summed E-state index contributed by atoms with van der Waals surface area (Å²) < 4.78 is 8.16. The summed E-state index contributed by atoms with van der Waals surface area (Å²) in [6.07, 6.45) is 6.22. The topological polar surface area (TPSA) is 99.8 Å². The van der Waals surface area contributed by atoms with E-state index in [9.17, 15) is 10.2 Å². The highest BCUT2D eigenvalue weighted by Crippen LogP contribution is 2.48. The van der Waals surface area contributed by atoms with Crippen LogP contribution >= 0.6 is 0 Å². The lowest BCUT2D eigenvalue weighted by Gasteiger charge is -2.47. The highest BCUT2D eigenvalue weighted by molar-refractivity contribution is 5.83. The number of aliphatic hydroxyl groups excluding tert-OH is 2. The molecule has 0 spiro atoms. The van der Waals surface area contributed by atoms with Crippen LogP contribution in [0.15, 0.2) is 12.7 Å². The number of aliphatic hydroxyl groups is 2. The quantitative estimate of drug-likeness (QED) is 0.743. The van der Waals surface area contributed by atoms with E-state index in [1.54, 1.807) is 6.33 Å². The number of imidazole rings is 1. The summed E-state index contributed by atoms with van der Waals surface area (Å²) in [5.41, 5.74) is 1.28. The molecule has 2 aromatic heterocycles. The summed E-state index contributed by atoms with van der Waals surface area (Å²) in [6.45, 7) is 6.84. The van der Waals surface area contributed by atoms with Crippen LogP contribution in [0.1, 0.15) is 32.2 Å². The summed E-state index contributed by atoms with van der Waals surface area (Å²) in [5.74, 6) is 0.889. The number of aromatic nitrogens is 4. The first-order valence-corrected chi connectivity index (χ1v) is 10.7. The largest absolute Gasteiger partial charge is 0.396 e. The summed E-state index contributed by atoms with van der Waals surface area (Å²) in [7, 11) is 0. The number of likely N-dealkylation sites (N-methyl/N-ethyl adjacent to an activating group) is 1. The van der Waals surface area contributed by atoms with Crippen LogP contribution in [0.25, 0.3) is 11.2 Å². The van der Waals surface area contributed by atoms with E-state index < -0.39 is 0 Å². The van der Waals surface area contributed by atoms with Gasteiger partial charge < -0.3 is 29.3 Å². The van der Waals surface area contributed by atoms with E-state index in [4.69, 9.17) is 4.74 Å². The van der Waals surface area contributed by atoms with Gasteiger partial charge in [-0.3, -0.25) is 0 Å². The normalized spacial score (nSPS) is 27.8. The predicted molar refractivity (Wildman–Crippen MR) is 108 cm³/mol. The monoisotopic (exact) mass is 402 g/mol. The van der Waals surface area contributed by atoms with Crippen molar-refractivity contribution < 1.29 is 14.9 Å². The maximum atomic E-state index is 9.60. The van der Waals surface area contributed by atoms with Crippen molar-refractivity contribution in [2.24, 2.45) is 5.41 Å². The molecule has 0 aromatic carbocycles. The van der Waals surface area contributed by atoms with Gasteiger partial charge in [0, 0.05) is 31.1 Å². The van der Waals surface area contributed by atoms with Crippen LogP contribution < -0.4 is 4.90 Å². The van der Waals surface area contributed by atoms with Gasteiger partial charge in [-0.15, -0.1) is 0 Å². The van der Waals surface area contributed by atoms with Gasteiger partial charge >= 0.3 is 0 Å². The fourth-order valence-corrected chi connectivity index (χ4v) is 5.25. The Morgan fingerprint density at radius 3 is 2.76 bits per heavy atom. The lowest BCUT2D eigenvalue weighted by Crippen LogP contribution is -2.60. The minimum absolute atomic E-state index is 0.0115. The molecular formula is C20H30N6O3. The summed E-state index contributed by atoms with van der Waals surface area (Å²) >= 11 is 0. The number of anilines is 1. The van der Waals surface area contributed by atoms with E-state index in [2.05, 4.69) is 36.2 Å². The van der Waals surface area contributed by atoms with Crippen molar-refractivity contribution in [2.75, 3.05) is 50.9 Å². The summed E-state index contributed by atoms with van der Waals surface area (Å²) in [5, 5.41) is 19.2. The number of morpholine rings is 1. The Morgan fingerprint density at radius 1 is 1.17 bits per heavy atom. The molecule has 1 saturated carbocycles. The third-order valence-electron chi connectivity index (χ3n) is 7.13. The first-order chi connectivity index (χ1) is 14.2. The second-order valence-corrected chi connectivity index (χ2v) is 8.75. The molecule has 1 aliphatic carbocycles. The molecular weight excluding hydrogens is 372 g/mol. The molecule has 0 radical (unpaired) electrons. The van der Waals surface area contributed by atoms with Gasteiger partial charge in [-0.05, 0) is 25.8 Å². The number of nitrogens with zero attached hydrogens (tertiary/aromatic N) is 6. The Hall–Kier alpha value is -1.81. The Balaban J connectivity index is 1.45. The van der Waals surface area contributed by atoms with E-state index in [0.717, 1.165) is 62.4 Å². The molecule has 9 heteroatoms. The van der Waals surface area contributed by atoms with Gasteiger partial charge in [0.1, 0.15) is 6.33 Å². The van der Waals surface area contributed by atoms with Crippen molar-refractivity contribution in [2.45, 2.75) is 44.4 Å². The third kappa shape index (κ3) is 3.11. The number of ether oxygens (including phenoxy) is 1. The van der Waals surface area contributed by atoms with Gasteiger partial charge in [-0.1, -0.05) is 6.92 Å². The van der Waals surface area contributed by atoms with Crippen LogP contribution in [-0.4, -0.2) is 92.8 Å². The minimum atomic E-state index is -0.375. The highest BCUT2D eigenvalue weighted by atomic mass is 16.5. The minimum Gasteiger partial charge on any atom is -0.396 e. The maximum absolute atomic E-state index is 9.60. The van der Waals surface area contributed by atoms with Crippen LogP contribution in [-0.2, 0) is 4.74 Å². The highest BCUT2D eigenvalue weighted by Gasteiger charge is 2.45. The van der Waals surface area contributed by atoms with Crippen molar-refractivity contribution >= 4 is 17.0 Å². The molecule has 158 valence electrons. The molecule has 4 heterocycles. The van der Waals surface area contributed by atoms with Crippen LogP contribution in [0.2, 0.25) is 0 Å². The molecule has 2 aromatic rings. The molecule has 2 aliphatic heterocycles. The number of piperidine rings is 1. The Morgan fingerprint density at radius 2 is 2.00 bits per heavy atom. The van der Waals surface area contributed by atoms with Crippen LogP contribution in [0.5, 0.6) is 0 Å². The second kappa shape index (κ2) is 7.46. The van der Waals surface area contributed by atoms with Crippen LogP contribution in [0.4, 0.5) is 5.82 Å². The average Bonchev–Trinajstić information content (AvgIpc) is 3.17. The van der Waals surface area contributed by atoms with Gasteiger partial charge in [0.25, 0.3) is 0 Å². The lowest BCUT2D eigenvalue weighted by molar-refractivity contribution is -0.0421. The van der Waals surface area contributed by atoms with Crippen molar-refractivity contribution in [3.63, 3.8) is 0 Å². The van der Waals surface area contributed by atoms with Crippen LogP contribution in [0, 0.1) is 5.41 Å². The Bertz CT molecular complexity index is 861. The number of likely N-dealkylation sites (tertiary alicyclic amines) is 1. The molecule has 9 nitrogen and oxygen atoms in total. The van der Waals surface area contributed by atoms with Gasteiger partial charge in [0.05, 0.1) is 38.3 Å². The zero-order valence-electron chi connectivity index (χ0n) is 16.9. The van der Waals surface area contributed by atoms with E-state index in [1.165, 1.54) is 0 Å². The molecule has 0 amide bonds. The SMILES string of the molecule is CCN1CC[C@@H]2OCCN(c3ncnc4c3ncn4C3CC(CO)(CO)C3)[C@@H]2C1. The fraction of sp³-hybridized carbons (Fsp3) is 0.750. The summed E-state index contributed by atoms with van der Waals surface area (Å²) in [4.78, 5) is 18.7. The van der Waals surface area contributed by atoms with Gasteiger partial charge in [-0.25, -0.2) is 15.0 Å². The molecule has 29 heavy (non-hydrogen) atoms. The number of fused-ring (bicyclic) bond motifs is 2. The van der Waals surface area contributed by atoms with E-state index >= 15 is 0 Å². The van der Waals surface area contributed by atoms with Crippen molar-refractivity contribution in [3.8, 4) is 0 Å². The van der Waals surface area contributed by atoms with Crippen LogP contribution in [0.3, 0.4) is 0 Å². The zero-order valence-corrected chi connectivity index (χ0v) is 16.9. The van der Waals surface area contributed by atoms with E-state index in [1.807, 2.05) is 6.33 Å². The zero-order chi connectivity index (χ0) is 20.0. The number of hydrogen-bond donors (Lipinski definition) is 2. The second-order valence-electron chi connectivity index (χ2n) is 8.75. The Kier molecular flexibility index (Phi) is 4.93. The molecule has 2 saturated heterocycles. The van der Waals surface area contributed by atoms with Gasteiger partial charge in [0.2, 0.25) is 0 Å². The standard InChI is InChI=1S/C20H30N6O3/c1-2-24-4-3-16-15(9-24)25(5-6-29-16)18-17-19(22-12-21-18)26(13-23-17)14-7-20(8-14,10-27)11-28/h12-16,27-28H,2-11H2,1H3/t15-,16+/m1/s1. The smallest absolute Gasteiger partial charge is 0.165 e. The summed E-state index contributed by atoms with van der Waals surface area (Å²) in [6, 6.07) is 0.477. The average molecular weight is 402 g/mol. The first-order valence-electron chi connectivity index (χ1n) is 10.7. The Labute approximate surface area is 170 Å². The molecule has 0 bridgehead atoms. The predicted octanol–water partition coefficient (Wildman–Crippen LogP) is 0.432. The van der Waals surface area contributed by atoms with Crippen molar-refractivity contribution in [1.29, 1.82) is 0 Å². The van der Waals surface area contributed by atoms with Gasteiger partial charge in [-0.2, -0.15) is 0 Å². The fourth-order valence-electron chi connectivity index (χ4n) is 5.25. The molecule has 2 N–H and O–H groups in total.